The van der Waals surface area contributed by atoms with E-state index in [0.717, 1.165) is 29.5 Å². The molecule has 0 saturated carbocycles. The first-order valence-corrected chi connectivity index (χ1v) is 20.5. The number of hydrogen-bond acceptors (Lipinski definition) is 2. The average Bonchev–Trinajstić information content (AvgIpc) is 3.89. The zero-order chi connectivity index (χ0) is 35.0. The van der Waals surface area contributed by atoms with Crippen molar-refractivity contribution in [3.05, 3.63) is 160 Å². The molecule has 1 saturated heterocycles. The Bertz CT molecular complexity index is 2370. The van der Waals surface area contributed by atoms with Crippen LogP contribution in [-0.4, -0.2) is 8.80 Å². The molecule has 3 heteroatoms. The van der Waals surface area contributed by atoms with Crippen LogP contribution in [-0.2, 0) is 11.8 Å². The number of furan rings is 2. The van der Waals surface area contributed by atoms with Gasteiger partial charge in [-0.2, -0.15) is 0 Å². The first-order chi connectivity index (χ1) is 24.7. The van der Waals surface area contributed by atoms with Crippen LogP contribution < -0.4 is 5.19 Å². The van der Waals surface area contributed by atoms with Crippen molar-refractivity contribution in [2.45, 2.75) is 77.8 Å². The molecule has 1 atom stereocenters. The Morgan fingerprint density at radius 2 is 1.37 bits per heavy atom. The van der Waals surface area contributed by atoms with Gasteiger partial charge in [-0.3, -0.25) is 0 Å². The SMILES string of the molecule is Cc1ccc(C2=Cc3c(ccc(C)c3-c3ccccc3)C2C2=C(c3ccc(C(C)(C)C)o3)Cc3cc([Si]4CCC4)c(C)c(-c4ccccc4)c32)o1. The molecule has 51 heavy (non-hydrogen) atoms. The van der Waals surface area contributed by atoms with Gasteiger partial charge in [0, 0.05) is 28.9 Å². The van der Waals surface area contributed by atoms with Crippen LogP contribution in [0.5, 0.6) is 0 Å². The minimum absolute atomic E-state index is 0.0292. The van der Waals surface area contributed by atoms with Gasteiger partial charge < -0.3 is 8.83 Å². The zero-order valence-corrected chi connectivity index (χ0v) is 31.6. The first-order valence-electron chi connectivity index (χ1n) is 18.6. The molecule has 2 aliphatic carbocycles. The Hall–Kier alpha value is -4.86. The largest absolute Gasteiger partial charge is 0.462 e. The quantitative estimate of drug-likeness (QED) is 0.164. The van der Waals surface area contributed by atoms with E-state index < -0.39 is 8.80 Å². The molecular weight excluding hydrogens is 637 g/mol. The fourth-order valence-electron chi connectivity index (χ4n) is 8.78. The predicted octanol–water partition coefficient (Wildman–Crippen LogP) is 12.3. The van der Waals surface area contributed by atoms with Crippen LogP contribution in [0.4, 0.5) is 0 Å². The van der Waals surface area contributed by atoms with Gasteiger partial charge in [0.05, 0.1) is 8.80 Å². The van der Waals surface area contributed by atoms with Crippen LogP contribution in [0.2, 0.25) is 12.1 Å². The van der Waals surface area contributed by atoms with Gasteiger partial charge in [0.2, 0.25) is 0 Å². The Morgan fingerprint density at radius 3 is 1.98 bits per heavy atom. The highest BCUT2D eigenvalue weighted by Gasteiger charge is 2.41. The van der Waals surface area contributed by atoms with Gasteiger partial charge in [0.25, 0.3) is 0 Å². The molecule has 0 bridgehead atoms. The lowest BCUT2D eigenvalue weighted by Crippen LogP contribution is -2.38. The number of hydrogen-bond donors (Lipinski definition) is 0. The maximum Gasteiger partial charge on any atom is 0.131 e. The summed E-state index contributed by atoms with van der Waals surface area (Å²) in [5, 5.41) is 1.63. The molecule has 3 aliphatic rings. The summed E-state index contributed by atoms with van der Waals surface area (Å²) in [6.45, 7) is 13.4. The molecule has 0 spiro atoms. The van der Waals surface area contributed by atoms with Crippen molar-refractivity contribution in [2.24, 2.45) is 0 Å². The van der Waals surface area contributed by atoms with Crippen molar-refractivity contribution in [3.8, 4) is 22.3 Å². The van der Waals surface area contributed by atoms with Crippen molar-refractivity contribution < 1.29 is 8.83 Å². The Kier molecular flexibility index (Phi) is 7.63. The number of fused-ring (bicyclic) bond motifs is 2. The molecule has 0 N–H and O–H groups in total. The second kappa shape index (κ2) is 12.1. The molecule has 253 valence electrons. The lowest BCUT2D eigenvalue weighted by Gasteiger charge is -2.29. The Morgan fingerprint density at radius 1 is 0.686 bits per heavy atom. The van der Waals surface area contributed by atoms with Gasteiger partial charge in [0.15, 0.2) is 0 Å². The zero-order valence-electron chi connectivity index (χ0n) is 30.6. The highest BCUT2D eigenvalue weighted by atomic mass is 28.3. The molecule has 1 aliphatic heterocycles. The maximum absolute atomic E-state index is 6.89. The van der Waals surface area contributed by atoms with E-state index in [4.69, 9.17) is 8.83 Å². The van der Waals surface area contributed by atoms with Gasteiger partial charge in [-0.1, -0.05) is 123 Å². The summed E-state index contributed by atoms with van der Waals surface area (Å²) in [6, 6.07) is 40.8. The maximum atomic E-state index is 6.89. The smallest absolute Gasteiger partial charge is 0.131 e. The molecule has 4 aromatic carbocycles. The van der Waals surface area contributed by atoms with Gasteiger partial charge in [-0.05, 0) is 112 Å². The van der Waals surface area contributed by atoms with Gasteiger partial charge in [-0.15, -0.1) is 0 Å². The molecule has 0 amide bonds. The van der Waals surface area contributed by atoms with Crippen LogP contribution in [0, 0.1) is 20.8 Å². The van der Waals surface area contributed by atoms with Crippen molar-refractivity contribution >= 4 is 36.8 Å². The van der Waals surface area contributed by atoms with Crippen molar-refractivity contribution in [1.29, 1.82) is 0 Å². The number of rotatable bonds is 6. The van der Waals surface area contributed by atoms with Gasteiger partial charge in [0.1, 0.15) is 23.0 Å². The summed E-state index contributed by atoms with van der Waals surface area (Å²) in [7, 11) is -0.546. The third-order valence-corrected chi connectivity index (χ3v) is 14.7. The van der Waals surface area contributed by atoms with E-state index in [0.29, 0.717) is 0 Å². The van der Waals surface area contributed by atoms with Crippen molar-refractivity contribution in [3.63, 3.8) is 0 Å². The Labute approximate surface area is 304 Å². The standard InChI is InChI=1S/C48H45O2Si/c1-29-18-20-35-36(43(29)32-14-9-7-10-15-32)28-38(39-21-19-30(2)49-39)46(35)47-37(40-22-23-42(50-40)48(4,5)6)26-34-27-41(51-24-13-25-51)31(3)44(45(34)47)33-16-11-8-12-17-33/h7-12,14-23,27-28,46H,13,24-26H2,1-6H3. The molecule has 1 unspecified atom stereocenters. The molecule has 9 rings (SSSR count). The first kappa shape index (κ1) is 32.1. The van der Waals surface area contributed by atoms with Crippen molar-refractivity contribution in [1.82, 2.24) is 0 Å². The number of aryl methyl sites for hydroxylation is 2. The van der Waals surface area contributed by atoms with E-state index >= 15 is 0 Å². The molecular formula is C48H45O2Si. The average molecular weight is 682 g/mol. The van der Waals surface area contributed by atoms with Crippen LogP contribution in [0.1, 0.15) is 89.5 Å². The molecule has 1 fully saturated rings. The van der Waals surface area contributed by atoms with E-state index in [9.17, 15) is 0 Å². The van der Waals surface area contributed by atoms with E-state index in [1.807, 2.05) is 0 Å². The minimum Gasteiger partial charge on any atom is -0.462 e. The number of allylic oxidation sites excluding steroid dienone is 3. The summed E-state index contributed by atoms with van der Waals surface area (Å²) in [6.07, 6.45) is 4.65. The lowest BCUT2D eigenvalue weighted by atomic mass is 9.78. The summed E-state index contributed by atoms with van der Waals surface area (Å²) >= 11 is 0. The van der Waals surface area contributed by atoms with Crippen LogP contribution in [0.15, 0.2) is 112 Å². The van der Waals surface area contributed by atoms with E-state index in [1.54, 1.807) is 5.19 Å². The summed E-state index contributed by atoms with van der Waals surface area (Å²) < 4.78 is 13.4. The third-order valence-electron chi connectivity index (χ3n) is 11.5. The Balaban J connectivity index is 1.37. The molecule has 6 aromatic rings. The lowest BCUT2D eigenvalue weighted by molar-refractivity contribution is 0.403. The third kappa shape index (κ3) is 5.28. The molecule has 2 nitrogen and oxygen atoms in total. The van der Waals surface area contributed by atoms with Gasteiger partial charge >= 0.3 is 0 Å². The van der Waals surface area contributed by atoms with Crippen LogP contribution in [0.3, 0.4) is 0 Å². The predicted molar refractivity (Wildman–Crippen MR) is 215 cm³/mol. The minimum atomic E-state index is -0.546. The topological polar surface area (TPSA) is 26.3 Å². The number of benzene rings is 4. The second-order valence-electron chi connectivity index (χ2n) is 15.8. The van der Waals surface area contributed by atoms with Crippen LogP contribution in [0.25, 0.3) is 45.0 Å². The summed E-state index contributed by atoms with van der Waals surface area (Å²) in [5.41, 5.74) is 17.2. The normalized spacial score (nSPS) is 17.1. The highest BCUT2D eigenvalue weighted by molar-refractivity contribution is 6.76. The fraction of sp³-hybridized carbons (Fsp3) is 0.250. The molecule has 1 radical (unpaired) electrons. The van der Waals surface area contributed by atoms with E-state index in [1.165, 1.54) is 90.9 Å². The van der Waals surface area contributed by atoms with Crippen LogP contribution >= 0.6 is 0 Å². The highest BCUT2D eigenvalue weighted by Crippen LogP contribution is 2.58. The van der Waals surface area contributed by atoms with E-state index in [2.05, 4.69) is 151 Å². The monoisotopic (exact) mass is 681 g/mol. The van der Waals surface area contributed by atoms with E-state index in [-0.39, 0.29) is 11.3 Å². The summed E-state index contributed by atoms with van der Waals surface area (Å²) in [5.74, 6) is 3.84. The summed E-state index contributed by atoms with van der Waals surface area (Å²) in [4.78, 5) is 0. The fourth-order valence-corrected chi connectivity index (χ4v) is 11.1. The molecule has 3 heterocycles. The van der Waals surface area contributed by atoms with Crippen molar-refractivity contribution in [2.75, 3.05) is 0 Å². The second-order valence-corrected chi connectivity index (χ2v) is 18.6. The molecule has 2 aromatic heterocycles. The van der Waals surface area contributed by atoms with Gasteiger partial charge in [-0.25, -0.2) is 0 Å².